The number of piperidine rings is 1. The van der Waals surface area contributed by atoms with Gasteiger partial charge in [-0.25, -0.2) is 0 Å². The minimum atomic E-state index is -0.260. The molecule has 1 saturated carbocycles. The number of aromatic nitrogens is 3. The van der Waals surface area contributed by atoms with E-state index in [4.69, 9.17) is 0 Å². The van der Waals surface area contributed by atoms with E-state index >= 15 is 0 Å². The first-order valence-electron chi connectivity index (χ1n) is 11.9. The van der Waals surface area contributed by atoms with E-state index in [1.54, 1.807) is 23.1 Å². The zero-order valence-corrected chi connectivity index (χ0v) is 20.3. The SMILES string of the molecule is O=C1NC2CCCCC2C(c2ccccc2)C1Sc1nnc(-c2cccs2)n1-c1ccccc1. The van der Waals surface area contributed by atoms with E-state index in [2.05, 4.69) is 67.9 Å². The lowest BCUT2D eigenvalue weighted by molar-refractivity contribution is -0.125. The molecule has 3 heterocycles. The lowest BCUT2D eigenvalue weighted by Gasteiger charge is -2.45. The number of amides is 1. The predicted octanol–water partition coefficient (Wildman–Crippen LogP) is 5.93. The molecule has 1 amide bonds. The van der Waals surface area contributed by atoms with Gasteiger partial charge < -0.3 is 5.32 Å². The molecule has 6 rings (SSSR count). The average molecular weight is 487 g/mol. The summed E-state index contributed by atoms with van der Waals surface area (Å²) in [4.78, 5) is 14.6. The first-order valence-corrected chi connectivity index (χ1v) is 13.6. The van der Waals surface area contributed by atoms with Crippen LogP contribution in [-0.2, 0) is 4.79 Å². The highest BCUT2D eigenvalue weighted by Crippen LogP contribution is 2.47. The van der Waals surface area contributed by atoms with E-state index in [0.29, 0.717) is 5.92 Å². The molecule has 1 aliphatic carbocycles. The fourth-order valence-corrected chi connectivity index (χ4v) is 7.47. The van der Waals surface area contributed by atoms with E-state index in [0.717, 1.165) is 34.4 Å². The van der Waals surface area contributed by atoms with Crippen LogP contribution < -0.4 is 5.32 Å². The maximum Gasteiger partial charge on any atom is 0.234 e. The number of rotatable bonds is 5. The number of nitrogens with one attached hydrogen (secondary N) is 1. The highest BCUT2D eigenvalue weighted by Gasteiger charge is 2.46. The molecule has 7 heteroatoms. The minimum absolute atomic E-state index is 0.113. The van der Waals surface area contributed by atoms with Crippen LogP contribution in [0.4, 0.5) is 0 Å². The fourth-order valence-electron chi connectivity index (χ4n) is 5.48. The molecule has 4 unspecified atom stereocenters. The molecular weight excluding hydrogens is 460 g/mol. The largest absolute Gasteiger partial charge is 0.352 e. The number of thiophene rings is 1. The van der Waals surface area contributed by atoms with E-state index in [1.807, 2.05) is 30.3 Å². The quantitative estimate of drug-likeness (QED) is 0.380. The Balaban J connectivity index is 1.43. The standard InChI is InChI=1S/C27H26N4OS2/c32-26-24(23(18-10-3-1-4-11-18)20-14-7-8-15-21(20)28-26)34-27-30-29-25(22-16-9-17-33-22)31(27)19-12-5-2-6-13-19/h1-6,9-13,16-17,20-21,23-24H,7-8,14-15H2,(H,28,32). The van der Waals surface area contributed by atoms with Crippen molar-refractivity contribution in [3.05, 3.63) is 83.7 Å². The van der Waals surface area contributed by atoms with Gasteiger partial charge in [0.15, 0.2) is 11.0 Å². The van der Waals surface area contributed by atoms with Crippen molar-refractivity contribution in [3.63, 3.8) is 0 Å². The summed E-state index contributed by atoms with van der Waals surface area (Å²) in [6, 6.07) is 25.1. The molecule has 172 valence electrons. The second kappa shape index (κ2) is 9.39. The number of hydrogen-bond acceptors (Lipinski definition) is 5. The third-order valence-electron chi connectivity index (χ3n) is 7.00. The Hall–Kier alpha value is -2.90. The van der Waals surface area contributed by atoms with Gasteiger partial charge in [0.2, 0.25) is 5.91 Å². The molecule has 2 aromatic heterocycles. The number of hydrogen-bond donors (Lipinski definition) is 1. The molecule has 0 radical (unpaired) electrons. The van der Waals surface area contributed by atoms with Crippen LogP contribution in [0, 0.1) is 5.92 Å². The summed E-state index contributed by atoms with van der Waals surface area (Å²) in [7, 11) is 0. The van der Waals surface area contributed by atoms with E-state index in [9.17, 15) is 4.79 Å². The molecule has 2 aromatic carbocycles. The number of carbonyl (C=O) groups excluding carboxylic acids is 1. The van der Waals surface area contributed by atoms with Crippen molar-refractivity contribution < 1.29 is 4.79 Å². The molecule has 1 saturated heterocycles. The summed E-state index contributed by atoms with van der Waals surface area (Å²) < 4.78 is 2.10. The first-order chi connectivity index (χ1) is 16.8. The highest BCUT2D eigenvalue weighted by atomic mass is 32.2. The second-order valence-corrected chi connectivity index (χ2v) is 11.0. The van der Waals surface area contributed by atoms with Crippen LogP contribution in [0.5, 0.6) is 0 Å². The Kier molecular flexibility index (Phi) is 5.97. The van der Waals surface area contributed by atoms with Gasteiger partial charge in [0, 0.05) is 17.6 Å². The third kappa shape index (κ3) is 3.97. The number of nitrogens with zero attached hydrogens (tertiary/aromatic N) is 3. The van der Waals surface area contributed by atoms with Crippen molar-refractivity contribution in [3.8, 4) is 16.4 Å². The van der Waals surface area contributed by atoms with Crippen LogP contribution in [0.2, 0.25) is 0 Å². The van der Waals surface area contributed by atoms with Gasteiger partial charge in [-0.05, 0) is 47.9 Å². The van der Waals surface area contributed by atoms with Gasteiger partial charge in [-0.15, -0.1) is 21.5 Å². The average Bonchev–Trinajstić information content (AvgIpc) is 3.56. The molecule has 4 atom stereocenters. The highest BCUT2D eigenvalue weighted by molar-refractivity contribution is 8.00. The summed E-state index contributed by atoms with van der Waals surface area (Å²) in [6.07, 6.45) is 4.63. The molecule has 1 N–H and O–H groups in total. The van der Waals surface area contributed by atoms with Gasteiger partial charge in [0.25, 0.3) is 0 Å². The lowest BCUT2D eigenvalue weighted by atomic mass is 9.70. The molecule has 1 aliphatic heterocycles. The summed E-state index contributed by atoms with van der Waals surface area (Å²) in [6.45, 7) is 0. The Labute approximate surface area is 207 Å². The Morgan fingerprint density at radius 2 is 1.68 bits per heavy atom. The minimum Gasteiger partial charge on any atom is -0.352 e. The second-order valence-electron chi connectivity index (χ2n) is 8.99. The van der Waals surface area contributed by atoms with Crippen LogP contribution in [0.3, 0.4) is 0 Å². The van der Waals surface area contributed by atoms with Gasteiger partial charge in [0.1, 0.15) is 0 Å². The normalized spacial score (nSPS) is 24.4. The molecule has 0 spiro atoms. The van der Waals surface area contributed by atoms with Gasteiger partial charge in [-0.1, -0.05) is 79.2 Å². The van der Waals surface area contributed by atoms with Crippen molar-refractivity contribution in [2.45, 2.75) is 48.0 Å². The number of benzene rings is 2. The van der Waals surface area contributed by atoms with E-state index in [-0.39, 0.29) is 23.1 Å². The van der Waals surface area contributed by atoms with Crippen molar-refractivity contribution in [1.29, 1.82) is 0 Å². The monoisotopic (exact) mass is 486 g/mol. The van der Waals surface area contributed by atoms with Crippen LogP contribution in [0.1, 0.15) is 37.2 Å². The zero-order valence-electron chi connectivity index (χ0n) is 18.7. The maximum atomic E-state index is 13.5. The third-order valence-corrected chi connectivity index (χ3v) is 9.10. The number of carbonyl (C=O) groups is 1. The Morgan fingerprint density at radius 3 is 2.44 bits per heavy atom. The molecule has 4 aromatic rings. The summed E-state index contributed by atoms with van der Waals surface area (Å²) in [5.41, 5.74) is 2.25. The lowest BCUT2D eigenvalue weighted by Crippen LogP contribution is -2.56. The van der Waals surface area contributed by atoms with Crippen molar-refractivity contribution in [2.24, 2.45) is 5.92 Å². The molecule has 2 fully saturated rings. The molecule has 2 aliphatic rings. The van der Waals surface area contributed by atoms with E-state index in [1.165, 1.54) is 18.4 Å². The van der Waals surface area contributed by atoms with Crippen LogP contribution in [0.25, 0.3) is 16.4 Å². The smallest absolute Gasteiger partial charge is 0.234 e. The summed E-state index contributed by atoms with van der Waals surface area (Å²) in [5, 5.41) is 15.1. The van der Waals surface area contributed by atoms with Crippen LogP contribution in [0.15, 0.2) is 83.3 Å². The van der Waals surface area contributed by atoms with Crippen molar-refractivity contribution in [1.82, 2.24) is 20.1 Å². The summed E-state index contributed by atoms with van der Waals surface area (Å²) >= 11 is 3.20. The van der Waals surface area contributed by atoms with E-state index < -0.39 is 0 Å². The van der Waals surface area contributed by atoms with Gasteiger partial charge >= 0.3 is 0 Å². The van der Waals surface area contributed by atoms with Crippen molar-refractivity contribution >= 4 is 29.0 Å². The Morgan fingerprint density at radius 1 is 0.912 bits per heavy atom. The van der Waals surface area contributed by atoms with Crippen LogP contribution >= 0.6 is 23.1 Å². The van der Waals surface area contributed by atoms with Crippen molar-refractivity contribution in [2.75, 3.05) is 0 Å². The maximum absolute atomic E-state index is 13.5. The topological polar surface area (TPSA) is 59.8 Å². The molecule has 5 nitrogen and oxygen atoms in total. The molecule has 34 heavy (non-hydrogen) atoms. The number of para-hydroxylation sites is 1. The number of thioether (sulfide) groups is 1. The molecule has 0 bridgehead atoms. The van der Waals surface area contributed by atoms with Crippen LogP contribution in [-0.4, -0.2) is 32.0 Å². The fraction of sp³-hybridized carbons (Fsp3) is 0.296. The van der Waals surface area contributed by atoms with Gasteiger partial charge in [0.05, 0.1) is 10.1 Å². The summed E-state index contributed by atoms with van der Waals surface area (Å²) in [5.74, 6) is 1.52. The predicted molar refractivity (Wildman–Crippen MR) is 137 cm³/mol. The molecular formula is C27H26N4OS2. The first kappa shape index (κ1) is 21.6. The zero-order chi connectivity index (χ0) is 22.9. The van der Waals surface area contributed by atoms with Gasteiger partial charge in [-0.2, -0.15) is 0 Å². The Bertz CT molecular complexity index is 1260. The number of fused-ring (bicyclic) bond motifs is 1. The van der Waals surface area contributed by atoms with Gasteiger partial charge in [-0.3, -0.25) is 9.36 Å².